The minimum absolute atomic E-state index is 0.128. The second kappa shape index (κ2) is 9.02. The van der Waals surface area contributed by atoms with Crippen molar-refractivity contribution < 1.29 is 24.2 Å². The maximum Gasteiger partial charge on any atom is 0.293 e. The number of aromatic hydroxyl groups is 1. The van der Waals surface area contributed by atoms with Crippen LogP contribution < -0.4 is 9.47 Å². The van der Waals surface area contributed by atoms with Gasteiger partial charge in [-0.05, 0) is 67.9 Å². The van der Waals surface area contributed by atoms with Gasteiger partial charge in [0.15, 0.2) is 11.5 Å². The summed E-state index contributed by atoms with van der Waals surface area (Å²) in [5, 5.41) is 10.00. The molecule has 1 saturated heterocycles. The summed E-state index contributed by atoms with van der Waals surface area (Å²) in [4.78, 5) is 26.2. The van der Waals surface area contributed by atoms with E-state index in [1.165, 1.54) is 13.2 Å². The highest BCUT2D eigenvalue weighted by molar-refractivity contribution is 9.13. The number of rotatable bonds is 6. The van der Waals surface area contributed by atoms with Crippen molar-refractivity contribution in [3.63, 3.8) is 0 Å². The molecule has 3 rings (SSSR count). The largest absolute Gasteiger partial charge is 0.504 e. The van der Waals surface area contributed by atoms with Crippen LogP contribution in [-0.2, 0) is 4.79 Å². The number of para-hydroxylation sites is 1. The van der Waals surface area contributed by atoms with Crippen LogP contribution in [0.25, 0.3) is 6.08 Å². The minimum atomic E-state index is -0.433. The van der Waals surface area contributed by atoms with E-state index >= 15 is 0 Å². The Kier molecular flexibility index (Phi) is 6.69. The Balaban J connectivity index is 1.77. The highest BCUT2D eigenvalue weighted by atomic mass is 79.9. The molecule has 0 aliphatic carbocycles. The second-order valence-electron chi connectivity index (χ2n) is 5.63. The van der Waals surface area contributed by atoms with E-state index in [2.05, 4.69) is 31.9 Å². The highest BCUT2D eigenvalue weighted by Crippen LogP contribution is 2.43. The lowest BCUT2D eigenvalue weighted by Gasteiger charge is -2.13. The van der Waals surface area contributed by atoms with Crippen molar-refractivity contribution in [3.8, 4) is 17.2 Å². The number of halogens is 2. The normalized spacial score (nSPS) is 15.4. The lowest BCUT2D eigenvalue weighted by atomic mass is 10.1. The van der Waals surface area contributed by atoms with Gasteiger partial charge in [0.1, 0.15) is 12.4 Å². The summed E-state index contributed by atoms with van der Waals surface area (Å²) in [6, 6.07) is 10.8. The zero-order chi connectivity index (χ0) is 20.3. The molecular weight excluding hydrogens is 514 g/mol. The van der Waals surface area contributed by atoms with Gasteiger partial charge in [-0.25, -0.2) is 0 Å². The molecule has 146 valence electrons. The standard InChI is InChI=1S/C19H15Br2NO5S/c1-26-14-10-13(20)16(21)12(17(14)23)9-15-18(24)22(19(25)28-15)7-8-27-11-5-3-2-4-6-11/h2-6,9-10,23H,7-8H2,1H3/b15-9-. The summed E-state index contributed by atoms with van der Waals surface area (Å²) in [5.41, 5.74) is 0.345. The number of carbonyl (C=O) groups is 2. The molecular formula is C19H15Br2NO5S. The SMILES string of the molecule is COc1cc(Br)c(Br)c(/C=C2\SC(=O)N(CCOc3ccccc3)C2=O)c1O. The van der Waals surface area contributed by atoms with Crippen LogP contribution >= 0.6 is 43.6 Å². The van der Waals surface area contributed by atoms with E-state index in [1.54, 1.807) is 18.2 Å². The maximum absolute atomic E-state index is 12.6. The van der Waals surface area contributed by atoms with Crippen molar-refractivity contribution in [2.45, 2.75) is 0 Å². The number of methoxy groups -OCH3 is 1. The van der Waals surface area contributed by atoms with Gasteiger partial charge >= 0.3 is 0 Å². The monoisotopic (exact) mass is 527 g/mol. The first-order chi connectivity index (χ1) is 13.4. The Bertz CT molecular complexity index is 949. The van der Waals surface area contributed by atoms with Crippen LogP contribution in [0.2, 0.25) is 0 Å². The number of amides is 2. The Labute approximate surface area is 182 Å². The molecule has 0 aromatic heterocycles. The van der Waals surface area contributed by atoms with Gasteiger partial charge in [0.2, 0.25) is 0 Å². The van der Waals surface area contributed by atoms with Gasteiger partial charge in [0, 0.05) is 14.5 Å². The molecule has 1 fully saturated rings. The number of nitrogens with zero attached hydrogens (tertiary/aromatic N) is 1. The fourth-order valence-corrected chi connectivity index (χ4v) is 4.18. The Morgan fingerprint density at radius 3 is 2.61 bits per heavy atom. The number of imide groups is 1. The van der Waals surface area contributed by atoms with Crippen molar-refractivity contribution in [2.24, 2.45) is 0 Å². The summed E-state index contributed by atoms with van der Waals surface area (Å²) in [5.74, 6) is 0.352. The van der Waals surface area contributed by atoms with Crippen molar-refractivity contribution in [1.82, 2.24) is 4.90 Å². The number of thioether (sulfide) groups is 1. The minimum Gasteiger partial charge on any atom is -0.504 e. The van der Waals surface area contributed by atoms with Crippen LogP contribution in [0.1, 0.15) is 5.56 Å². The van der Waals surface area contributed by atoms with E-state index < -0.39 is 5.91 Å². The van der Waals surface area contributed by atoms with E-state index in [-0.39, 0.29) is 34.8 Å². The molecule has 1 N–H and O–H groups in total. The number of phenols is 1. The van der Waals surface area contributed by atoms with E-state index in [0.29, 0.717) is 20.3 Å². The summed E-state index contributed by atoms with van der Waals surface area (Å²) in [6.07, 6.45) is 1.47. The van der Waals surface area contributed by atoms with E-state index in [1.807, 2.05) is 18.2 Å². The van der Waals surface area contributed by atoms with Gasteiger partial charge in [-0.3, -0.25) is 14.5 Å². The summed E-state index contributed by atoms with van der Waals surface area (Å²) >= 11 is 7.55. The third-order valence-electron chi connectivity index (χ3n) is 3.89. The van der Waals surface area contributed by atoms with E-state index in [4.69, 9.17) is 9.47 Å². The molecule has 9 heteroatoms. The number of ether oxygens (including phenoxy) is 2. The lowest BCUT2D eigenvalue weighted by Crippen LogP contribution is -2.32. The van der Waals surface area contributed by atoms with Crippen molar-refractivity contribution in [2.75, 3.05) is 20.3 Å². The molecule has 0 radical (unpaired) electrons. The average molecular weight is 529 g/mol. The van der Waals surface area contributed by atoms with E-state index in [9.17, 15) is 14.7 Å². The van der Waals surface area contributed by atoms with Crippen LogP contribution in [0.15, 0.2) is 50.2 Å². The van der Waals surface area contributed by atoms with Crippen molar-refractivity contribution >= 4 is 60.8 Å². The van der Waals surface area contributed by atoms with Crippen molar-refractivity contribution in [1.29, 1.82) is 0 Å². The van der Waals surface area contributed by atoms with Gasteiger partial charge < -0.3 is 14.6 Å². The molecule has 0 atom stereocenters. The van der Waals surface area contributed by atoms with Gasteiger partial charge in [-0.15, -0.1) is 0 Å². The summed E-state index contributed by atoms with van der Waals surface area (Å²) in [6.45, 7) is 0.320. The molecule has 0 saturated carbocycles. The first-order valence-electron chi connectivity index (χ1n) is 8.10. The molecule has 1 aliphatic rings. The summed E-state index contributed by atoms with van der Waals surface area (Å²) < 4.78 is 11.9. The topological polar surface area (TPSA) is 76.1 Å². The molecule has 6 nitrogen and oxygen atoms in total. The quantitative estimate of drug-likeness (QED) is 0.529. The van der Waals surface area contributed by atoms with Crippen LogP contribution in [0.4, 0.5) is 4.79 Å². The van der Waals surface area contributed by atoms with Crippen LogP contribution in [0.5, 0.6) is 17.2 Å². The molecule has 2 aromatic rings. The lowest BCUT2D eigenvalue weighted by molar-refractivity contribution is -0.123. The number of hydrogen-bond acceptors (Lipinski definition) is 6. The van der Waals surface area contributed by atoms with Gasteiger partial charge in [0.25, 0.3) is 11.1 Å². The second-order valence-corrected chi connectivity index (χ2v) is 8.27. The summed E-state index contributed by atoms with van der Waals surface area (Å²) in [7, 11) is 1.43. The highest BCUT2D eigenvalue weighted by Gasteiger charge is 2.35. The predicted molar refractivity (Wildman–Crippen MR) is 115 cm³/mol. The first-order valence-corrected chi connectivity index (χ1v) is 10.5. The fourth-order valence-electron chi connectivity index (χ4n) is 2.49. The first kappa shape index (κ1) is 20.8. The molecule has 28 heavy (non-hydrogen) atoms. The zero-order valence-corrected chi connectivity index (χ0v) is 18.6. The molecule has 1 aliphatic heterocycles. The van der Waals surface area contributed by atoms with Crippen LogP contribution in [-0.4, -0.2) is 41.4 Å². The molecule has 0 bridgehead atoms. The molecule has 2 amide bonds. The van der Waals surface area contributed by atoms with Gasteiger partial charge in [-0.2, -0.15) is 0 Å². The van der Waals surface area contributed by atoms with Crippen LogP contribution in [0, 0.1) is 0 Å². The van der Waals surface area contributed by atoms with Gasteiger partial charge in [-0.1, -0.05) is 18.2 Å². The third-order valence-corrected chi connectivity index (χ3v) is 6.81. The number of benzene rings is 2. The molecule has 2 aromatic carbocycles. The number of carbonyl (C=O) groups excluding carboxylic acids is 2. The van der Waals surface area contributed by atoms with Gasteiger partial charge in [0.05, 0.1) is 18.6 Å². The van der Waals surface area contributed by atoms with E-state index in [0.717, 1.165) is 16.7 Å². The van der Waals surface area contributed by atoms with Crippen molar-refractivity contribution in [3.05, 3.63) is 55.8 Å². The molecule has 0 unspecified atom stereocenters. The number of hydrogen-bond donors (Lipinski definition) is 1. The third kappa shape index (κ3) is 4.37. The fraction of sp³-hybridized carbons (Fsp3) is 0.158. The predicted octanol–water partition coefficient (Wildman–Crippen LogP) is 5.04. The Morgan fingerprint density at radius 2 is 1.93 bits per heavy atom. The molecule has 1 heterocycles. The molecule has 0 spiro atoms. The maximum atomic E-state index is 12.6. The zero-order valence-electron chi connectivity index (χ0n) is 14.6. The Hall–Kier alpha value is -1.97. The van der Waals surface area contributed by atoms with Crippen LogP contribution in [0.3, 0.4) is 0 Å². The smallest absolute Gasteiger partial charge is 0.293 e. The average Bonchev–Trinajstić information content (AvgIpc) is 2.96. The number of phenolic OH excluding ortho intramolecular Hbond substituents is 1. The Morgan fingerprint density at radius 1 is 1.21 bits per heavy atom.